The van der Waals surface area contributed by atoms with Gasteiger partial charge in [-0.3, -0.25) is 9.69 Å². The summed E-state index contributed by atoms with van der Waals surface area (Å²) in [7, 11) is 1.57. The number of aliphatic carboxylic acids is 1. The van der Waals surface area contributed by atoms with Crippen LogP contribution < -0.4 is 9.47 Å². The Bertz CT molecular complexity index is 793. The van der Waals surface area contributed by atoms with Crippen LogP contribution in [0.4, 0.5) is 0 Å². The molecule has 0 bridgehead atoms. The zero-order valence-corrected chi connectivity index (χ0v) is 18.6. The van der Waals surface area contributed by atoms with Crippen LogP contribution in [0.5, 0.6) is 11.5 Å². The summed E-state index contributed by atoms with van der Waals surface area (Å²) in [6.07, 6.45) is 5.64. The van der Waals surface area contributed by atoms with E-state index in [0.717, 1.165) is 36.6 Å². The van der Waals surface area contributed by atoms with Crippen molar-refractivity contribution in [3.8, 4) is 11.5 Å². The largest absolute Gasteiger partial charge is 0.493 e. The number of hydrogen-bond donors (Lipinski definition) is 1. The molecule has 1 aromatic carbocycles. The number of hydrogen-bond acceptors (Lipinski definition) is 6. The van der Waals surface area contributed by atoms with Gasteiger partial charge < -0.3 is 14.6 Å². The fourth-order valence-corrected chi connectivity index (χ4v) is 4.24. The first-order chi connectivity index (χ1) is 13.9. The van der Waals surface area contributed by atoms with Crippen molar-refractivity contribution in [1.82, 2.24) is 4.90 Å². The Labute approximate surface area is 181 Å². The fraction of sp³-hybridized carbons (Fsp3) is 0.476. The number of carbonyl (C=O) groups excluding carboxylic acids is 1. The molecule has 0 aliphatic carbocycles. The Kier molecular flexibility index (Phi) is 8.98. The van der Waals surface area contributed by atoms with E-state index in [9.17, 15) is 14.7 Å². The van der Waals surface area contributed by atoms with Gasteiger partial charge in [0.05, 0.1) is 18.6 Å². The van der Waals surface area contributed by atoms with Gasteiger partial charge in [0.15, 0.2) is 11.5 Å². The van der Waals surface area contributed by atoms with Gasteiger partial charge in [0, 0.05) is 0 Å². The third-order valence-corrected chi connectivity index (χ3v) is 5.82. The highest BCUT2D eigenvalue weighted by atomic mass is 32.2. The van der Waals surface area contributed by atoms with Gasteiger partial charge in [0.25, 0.3) is 5.91 Å². The number of carboxylic acids is 1. The lowest BCUT2D eigenvalue weighted by Crippen LogP contribution is -2.43. The third kappa shape index (κ3) is 5.96. The van der Waals surface area contributed by atoms with Crippen molar-refractivity contribution < 1.29 is 24.2 Å². The lowest BCUT2D eigenvalue weighted by Gasteiger charge is -2.22. The molecule has 1 heterocycles. The van der Waals surface area contributed by atoms with Crippen molar-refractivity contribution in [1.29, 1.82) is 0 Å². The zero-order chi connectivity index (χ0) is 21.4. The van der Waals surface area contributed by atoms with E-state index in [1.807, 2.05) is 19.1 Å². The first kappa shape index (κ1) is 23.2. The number of benzene rings is 1. The average Bonchev–Trinajstić information content (AvgIpc) is 2.96. The normalized spacial score (nSPS) is 16.4. The Morgan fingerprint density at radius 3 is 2.62 bits per heavy atom. The molecule has 158 valence electrons. The summed E-state index contributed by atoms with van der Waals surface area (Å²) in [6, 6.07) is 4.50. The van der Waals surface area contributed by atoms with Gasteiger partial charge >= 0.3 is 5.97 Å². The van der Waals surface area contributed by atoms with Crippen molar-refractivity contribution in [2.45, 2.75) is 52.0 Å². The molecule has 1 aromatic rings. The number of ether oxygens (including phenoxy) is 2. The van der Waals surface area contributed by atoms with Crippen LogP contribution in [0.15, 0.2) is 23.1 Å². The molecule has 2 rings (SSSR count). The summed E-state index contributed by atoms with van der Waals surface area (Å²) in [5.74, 6) is -0.176. The Hall–Kier alpha value is -2.06. The smallest absolute Gasteiger partial charge is 0.326 e. The first-order valence-electron chi connectivity index (χ1n) is 9.73. The number of nitrogens with zero attached hydrogens (tertiary/aromatic N) is 1. The van der Waals surface area contributed by atoms with Crippen molar-refractivity contribution in [3.05, 3.63) is 28.7 Å². The Morgan fingerprint density at radius 2 is 2.00 bits per heavy atom. The number of methoxy groups -OCH3 is 1. The van der Waals surface area contributed by atoms with Gasteiger partial charge in [-0.25, -0.2) is 4.79 Å². The monoisotopic (exact) mass is 437 g/mol. The third-order valence-electron chi connectivity index (χ3n) is 4.49. The van der Waals surface area contributed by atoms with E-state index in [1.54, 1.807) is 19.3 Å². The highest BCUT2D eigenvalue weighted by Crippen LogP contribution is 2.36. The van der Waals surface area contributed by atoms with Crippen LogP contribution in [0, 0.1) is 0 Å². The van der Waals surface area contributed by atoms with Crippen LogP contribution in [-0.2, 0) is 9.59 Å². The standard InChI is InChI=1S/C21H27NO5S2/c1-4-6-8-15(20(24)25)22-19(23)18(29-21(22)28)13-14-9-10-16(17(12-14)26-3)27-11-7-5-2/h9-10,12-13,15H,4-8,11H2,1-3H3,(H,24,25). The van der Waals surface area contributed by atoms with Crippen molar-refractivity contribution in [3.63, 3.8) is 0 Å². The number of carbonyl (C=O) groups is 2. The number of thioether (sulfide) groups is 1. The fourth-order valence-electron chi connectivity index (χ4n) is 2.88. The van der Waals surface area contributed by atoms with E-state index in [2.05, 4.69) is 6.92 Å². The second kappa shape index (κ2) is 11.2. The predicted molar refractivity (Wildman–Crippen MR) is 119 cm³/mol. The van der Waals surface area contributed by atoms with E-state index < -0.39 is 12.0 Å². The van der Waals surface area contributed by atoms with Crippen LogP contribution in [-0.4, -0.2) is 46.0 Å². The van der Waals surface area contributed by atoms with E-state index in [0.29, 0.717) is 35.9 Å². The SMILES string of the molecule is CCCCOc1ccc(C=C2SC(=S)N(C(CCCC)C(=O)O)C2=O)cc1OC. The molecule has 1 fully saturated rings. The molecule has 1 saturated heterocycles. The van der Waals surface area contributed by atoms with Crippen LogP contribution in [0.2, 0.25) is 0 Å². The summed E-state index contributed by atoms with van der Waals surface area (Å²) in [5, 5.41) is 9.55. The van der Waals surface area contributed by atoms with Gasteiger partial charge in [-0.2, -0.15) is 0 Å². The second-order valence-electron chi connectivity index (χ2n) is 6.66. The van der Waals surface area contributed by atoms with Crippen LogP contribution >= 0.6 is 24.0 Å². The summed E-state index contributed by atoms with van der Waals surface area (Å²) >= 11 is 6.43. The minimum absolute atomic E-state index is 0.274. The lowest BCUT2D eigenvalue weighted by molar-refractivity contribution is -0.145. The summed E-state index contributed by atoms with van der Waals surface area (Å²) in [6.45, 7) is 4.68. The number of unbranched alkanes of at least 4 members (excludes halogenated alkanes) is 2. The molecule has 0 aromatic heterocycles. The second-order valence-corrected chi connectivity index (χ2v) is 8.34. The zero-order valence-electron chi connectivity index (χ0n) is 17.0. The van der Waals surface area contributed by atoms with Gasteiger partial charge in [0.2, 0.25) is 0 Å². The summed E-state index contributed by atoms with van der Waals surface area (Å²) < 4.78 is 11.4. The van der Waals surface area contributed by atoms with E-state index in [1.165, 1.54) is 4.90 Å². The minimum Gasteiger partial charge on any atom is -0.493 e. The predicted octanol–water partition coefficient (Wildman–Crippen LogP) is 4.72. The van der Waals surface area contributed by atoms with Gasteiger partial charge in [0.1, 0.15) is 10.4 Å². The van der Waals surface area contributed by atoms with Crippen LogP contribution in [0.25, 0.3) is 6.08 Å². The molecule has 8 heteroatoms. The summed E-state index contributed by atoms with van der Waals surface area (Å²) in [4.78, 5) is 26.1. The molecule has 0 spiro atoms. The lowest BCUT2D eigenvalue weighted by atomic mass is 10.1. The number of carboxylic acid groups (broad SMARTS) is 1. The molecule has 1 N–H and O–H groups in total. The molecule has 1 aliphatic rings. The Balaban J connectivity index is 2.23. The molecule has 29 heavy (non-hydrogen) atoms. The average molecular weight is 438 g/mol. The molecule has 6 nitrogen and oxygen atoms in total. The van der Waals surface area contributed by atoms with Crippen LogP contribution in [0.1, 0.15) is 51.5 Å². The molecule has 0 radical (unpaired) electrons. The number of rotatable bonds is 11. The van der Waals surface area contributed by atoms with Crippen molar-refractivity contribution in [2.75, 3.05) is 13.7 Å². The van der Waals surface area contributed by atoms with E-state index in [-0.39, 0.29) is 10.2 Å². The van der Waals surface area contributed by atoms with E-state index in [4.69, 9.17) is 21.7 Å². The van der Waals surface area contributed by atoms with Gasteiger partial charge in [-0.05, 0) is 36.6 Å². The Morgan fingerprint density at radius 1 is 1.28 bits per heavy atom. The maximum absolute atomic E-state index is 12.9. The molecule has 1 atom stereocenters. The number of amides is 1. The molecule has 1 aliphatic heterocycles. The quantitative estimate of drug-likeness (QED) is 0.305. The molecule has 1 unspecified atom stereocenters. The highest BCUT2D eigenvalue weighted by molar-refractivity contribution is 8.26. The van der Waals surface area contributed by atoms with Crippen LogP contribution in [0.3, 0.4) is 0 Å². The van der Waals surface area contributed by atoms with Crippen molar-refractivity contribution in [2.24, 2.45) is 0 Å². The maximum atomic E-state index is 12.9. The minimum atomic E-state index is -1.04. The molecule has 1 amide bonds. The number of thiocarbonyl (C=S) groups is 1. The summed E-state index contributed by atoms with van der Waals surface area (Å²) in [5.41, 5.74) is 0.755. The van der Waals surface area contributed by atoms with Crippen molar-refractivity contribution >= 4 is 46.3 Å². The molecule has 0 saturated carbocycles. The topological polar surface area (TPSA) is 76.1 Å². The first-order valence-corrected chi connectivity index (χ1v) is 11.0. The van der Waals surface area contributed by atoms with Gasteiger partial charge in [-0.1, -0.05) is 63.2 Å². The molecular weight excluding hydrogens is 410 g/mol. The van der Waals surface area contributed by atoms with E-state index >= 15 is 0 Å². The maximum Gasteiger partial charge on any atom is 0.326 e. The van der Waals surface area contributed by atoms with Gasteiger partial charge in [-0.15, -0.1) is 0 Å². The molecular formula is C21H27NO5S2. The highest BCUT2D eigenvalue weighted by Gasteiger charge is 2.40.